The average molecular weight is 257 g/mol. The molecule has 2 rings (SSSR count). The van der Waals surface area contributed by atoms with Gasteiger partial charge in [-0.2, -0.15) is 0 Å². The van der Waals surface area contributed by atoms with Crippen molar-refractivity contribution >= 4 is 5.91 Å². The van der Waals surface area contributed by atoms with Gasteiger partial charge in [0, 0.05) is 24.5 Å². The SMILES string of the molecule is C=CCNC(=O)c1cnc(-c2cccc(F)c2)nc1. The molecule has 0 saturated carbocycles. The number of hydrogen-bond donors (Lipinski definition) is 1. The zero-order valence-corrected chi connectivity index (χ0v) is 10.1. The zero-order valence-electron chi connectivity index (χ0n) is 10.1. The number of nitrogens with zero attached hydrogens (tertiary/aromatic N) is 2. The Balaban J connectivity index is 2.18. The zero-order chi connectivity index (χ0) is 13.7. The van der Waals surface area contributed by atoms with Crippen LogP contribution in [-0.2, 0) is 0 Å². The van der Waals surface area contributed by atoms with Crippen molar-refractivity contribution in [2.24, 2.45) is 0 Å². The van der Waals surface area contributed by atoms with Gasteiger partial charge in [0.05, 0.1) is 5.56 Å². The third-order valence-electron chi connectivity index (χ3n) is 2.40. The summed E-state index contributed by atoms with van der Waals surface area (Å²) in [6.07, 6.45) is 4.40. The summed E-state index contributed by atoms with van der Waals surface area (Å²) in [6, 6.07) is 5.97. The van der Waals surface area contributed by atoms with Gasteiger partial charge < -0.3 is 5.32 Å². The van der Waals surface area contributed by atoms with Crippen LogP contribution in [0.15, 0.2) is 49.3 Å². The molecule has 0 aliphatic rings. The summed E-state index contributed by atoms with van der Waals surface area (Å²) < 4.78 is 13.1. The van der Waals surface area contributed by atoms with Crippen LogP contribution in [0.5, 0.6) is 0 Å². The van der Waals surface area contributed by atoms with E-state index in [1.807, 2.05) is 0 Å². The van der Waals surface area contributed by atoms with Gasteiger partial charge in [0.1, 0.15) is 5.82 Å². The van der Waals surface area contributed by atoms with Crippen molar-refractivity contribution in [1.82, 2.24) is 15.3 Å². The van der Waals surface area contributed by atoms with E-state index in [-0.39, 0.29) is 11.7 Å². The first-order valence-electron chi connectivity index (χ1n) is 5.68. The Bertz CT molecular complexity index is 596. The van der Waals surface area contributed by atoms with Crippen LogP contribution in [0.4, 0.5) is 4.39 Å². The van der Waals surface area contributed by atoms with E-state index in [2.05, 4.69) is 21.9 Å². The van der Waals surface area contributed by atoms with Gasteiger partial charge >= 0.3 is 0 Å². The molecular weight excluding hydrogens is 245 g/mol. The fourth-order valence-electron chi connectivity index (χ4n) is 1.49. The average Bonchev–Trinajstić information content (AvgIpc) is 2.45. The molecule has 1 heterocycles. The first kappa shape index (κ1) is 12.9. The Morgan fingerprint density at radius 1 is 1.37 bits per heavy atom. The molecule has 0 unspecified atom stereocenters. The highest BCUT2D eigenvalue weighted by atomic mass is 19.1. The first-order valence-corrected chi connectivity index (χ1v) is 5.68. The van der Waals surface area contributed by atoms with E-state index < -0.39 is 0 Å². The molecule has 5 heteroatoms. The molecule has 1 aromatic heterocycles. The Labute approximate surface area is 110 Å². The molecule has 1 amide bonds. The van der Waals surface area contributed by atoms with E-state index in [0.717, 1.165) is 0 Å². The van der Waals surface area contributed by atoms with Crippen LogP contribution in [0.2, 0.25) is 0 Å². The van der Waals surface area contributed by atoms with Gasteiger partial charge in [0.25, 0.3) is 5.91 Å². The Kier molecular flexibility index (Phi) is 3.97. The summed E-state index contributed by atoms with van der Waals surface area (Å²) in [5, 5.41) is 2.62. The van der Waals surface area contributed by atoms with Crippen molar-refractivity contribution in [2.75, 3.05) is 6.54 Å². The smallest absolute Gasteiger partial charge is 0.254 e. The van der Waals surface area contributed by atoms with Crippen LogP contribution in [0, 0.1) is 5.82 Å². The third-order valence-corrected chi connectivity index (χ3v) is 2.40. The summed E-state index contributed by atoms with van der Waals surface area (Å²) in [5.74, 6) is -0.251. The maximum Gasteiger partial charge on any atom is 0.254 e. The minimum atomic E-state index is -0.353. The number of benzene rings is 1. The van der Waals surface area contributed by atoms with Gasteiger partial charge in [-0.3, -0.25) is 4.79 Å². The molecule has 0 radical (unpaired) electrons. The Hall–Kier alpha value is -2.56. The second-order valence-corrected chi connectivity index (χ2v) is 3.80. The molecule has 2 aromatic rings. The predicted molar refractivity (Wildman–Crippen MR) is 70.0 cm³/mol. The number of rotatable bonds is 4. The topological polar surface area (TPSA) is 54.9 Å². The van der Waals surface area contributed by atoms with E-state index in [4.69, 9.17) is 0 Å². The molecule has 1 aromatic carbocycles. The highest BCUT2D eigenvalue weighted by Gasteiger charge is 2.07. The molecule has 0 saturated heterocycles. The van der Waals surface area contributed by atoms with Crippen molar-refractivity contribution in [3.8, 4) is 11.4 Å². The molecule has 0 aliphatic heterocycles. The quantitative estimate of drug-likeness (QED) is 0.854. The summed E-state index contributed by atoms with van der Waals surface area (Å²) in [6.45, 7) is 3.89. The number of aromatic nitrogens is 2. The molecular formula is C14H12FN3O. The minimum Gasteiger partial charge on any atom is -0.348 e. The fraction of sp³-hybridized carbons (Fsp3) is 0.0714. The van der Waals surface area contributed by atoms with Crippen LogP contribution < -0.4 is 5.32 Å². The number of amides is 1. The molecule has 0 aliphatic carbocycles. The molecule has 0 bridgehead atoms. The Morgan fingerprint density at radius 2 is 2.11 bits per heavy atom. The van der Waals surface area contributed by atoms with Crippen LogP contribution in [0.1, 0.15) is 10.4 Å². The van der Waals surface area contributed by atoms with Crippen molar-refractivity contribution < 1.29 is 9.18 Å². The lowest BCUT2D eigenvalue weighted by atomic mass is 10.2. The number of hydrogen-bond acceptors (Lipinski definition) is 3. The molecule has 0 fully saturated rings. The predicted octanol–water partition coefficient (Wildman–Crippen LogP) is 2.20. The lowest BCUT2D eigenvalue weighted by molar-refractivity contribution is 0.0957. The molecule has 19 heavy (non-hydrogen) atoms. The van der Waals surface area contributed by atoms with Gasteiger partial charge in [-0.15, -0.1) is 6.58 Å². The summed E-state index contributed by atoms with van der Waals surface area (Å²) in [4.78, 5) is 19.7. The highest BCUT2D eigenvalue weighted by molar-refractivity contribution is 5.93. The number of nitrogens with one attached hydrogen (secondary N) is 1. The second kappa shape index (κ2) is 5.86. The highest BCUT2D eigenvalue weighted by Crippen LogP contribution is 2.15. The van der Waals surface area contributed by atoms with E-state index in [0.29, 0.717) is 23.5 Å². The van der Waals surface area contributed by atoms with E-state index in [9.17, 15) is 9.18 Å². The normalized spacial score (nSPS) is 9.95. The largest absolute Gasteiger partial charge is 0.348 e. The monoisotopic (exact) mass is 257 g/mol. The molecule has 96 valence electrons. The van der Waals surface area contributed by atoms with Crippen molar-refractivity contribution in [1.29, 1.82) is 0 Å². The summed E-state index contributed by atoms with van der Waals surface area (Å²) in [5.41, 5.74) is 0.917. The van der Waals surface area contributed by atoms with Crippen molar-refractivity contribution in [3.05, 3.63) is 60.7 Å². The van der Waals surface area contributed by atoms with Crippen molar-refractivity contribution in [3.63, 3.8) is 0 Å². The maximum atomic E-state index is 13.1. The maximum absolute atomic E-state index is 13.1. The minimum absolute atomic E-state index is 0.273. The van der Waals surface area contributed by atoms with Crippen LogP contribution in [-0.4, -0.2) is 22.4 Å². The molecule has 4 nitrogen and oxygen atoms in total. The van der Waals surface area contributed by atoms with Gasteiger partial charge in [-0.05, 0) is 12.1 Å². The van der Waals surface area contributed by atoms with Crippen LogP contribution in [0.25, 0.3) is 11.4 Å². The number of carbonyl (C=O) groups excluding carboxylic acids is 1. The Morgan fingerprint density at radius 3 is 2.74 bits per heavy atom. The van der Waals surface area contributed by atoms with Gasteiger partial charge in [-0.25, -0.2) is 14.4 Å². The standard InChI is InChI=1S/C14H12FN3O/c1-2-6-16-14(19)11-8-17-13(18-9-11)10-4-3-5-12(15)7-10/h2-5,7-9H,1,6H2,(H,16,19). The number of carbonyl (C=O) groups is 1. The summed E-state index contributed by atoms with van der Waals surface area (Å²) >= 11 is 0. The lowest BCUT2D eigenvalue weighted by Crippen LogP contribution is -2.23. The fourth-order valence-corrected chi connectivity index (χ4v) is 1.49. The van der Waals surface area contributed by atoms with E-state index >= 15 is 0 Å². The van der Waals surface area contributed by atoms with E-state index in [1.54, 1.807) is 18.2 Å². The van der Waals surface area contributed by atoms with Gasteiger partial charge in [0.15, 0.2) is 5.82 Å². The molecule has 0 spiro atoms. The molecule has 1 N–H and O–H groups in total. The van der Waals surface area contributed by atoms with Gasteiger partial charge in [-0.1, -0.05) is 18.2 Å². The van der Waals surface area contributed by atoms with Gasteiger partial charge in [0.2, 0.25) is 0 Å². The second-order valence-electron chi connectivity index (χ2n) is 3.80. The third kappa shape index (κ3) is 3.22. The van der Waals surface area contributed by atoms with Crippen LogP contribution >= 0.6 is 0 Å². The number of halogens is 1. The van der Waals surface area contributed by atoms with Crippen LogP contribution in [0.3, 0.4) is 0 Å². The first-order chi connectivity index (χ1) is 9.20. The van der Waals surface area contributed by atoms with Crippen molar-refractivity contribution in [2.45, 2.75) is 0 Å². The summed E-state index contributed by atoms with van der Waals surface area (Å²) in [7, 11) is 0. The molecule has 0 atom stereocenters. The lowest BCUT2D eigenvalue weighted by Gasteiger charge is -2.03. The van der Waals surface area contributed by atoms with E-state index in [1.165, 1.54) is 24.5 Å².